The molecule has 0 fully saturated rings. The van der Waals surface area contributed by atoms with Crippen molar-refractivity contribution in [2.45, 2.75) is 53.4 Å². The van der Waals surface area contributed by atoms with E-state index in [1.807, 2.05) is 0 Å². The molecule has 0 aliphatic heterocycles. The van der Waals surface area contributed by atoms with E-state index in [9.17, 15) is 0 Å². The quantitative estimate of drug-likeness (QED) is 0.740. The summed E-state index contributed by atoms with van der Waals surface area (Å²) in [7, 11) is 0. The predicted molar refractivity (Wildman–Crippen MR) is 79.8 cm³/mol. The second kappa shape index (κ2) is 8.73. The standard InChI is InChI=1S/C15H27N3O/c1-5-8-12(4)10-19-15-13(7-3)14(16-9-6-2)17-11-18-15/h11-12H,5-10H2,1-4H3,(H,16,17,18). The number of ether oxygens (including phenoxy) is 1. The molecule has 0 spiro atoms. The fourth-order valence-corrected chi connectivity index (χ4v) is 2.03. The van der Waals surface area contributed by atoms with Gasteiger partial charge in [0.15, 0.2) is 0 Å². The van der Waals surface area contributed by atoms with Gasteiger partial charge in [-0.15, -0.1) is 0 Å². The van der Waals surface area contributed by atoms with Crippen LogP contribution in [0.5, 0.6) is 5.88 Å². The van der Waals surface area contributed by atoms with Crippen LogP contribution in [-0.2, 0) is 6.42 Å². The molecule has 1 aromatic rings. The van der Waals surface area contributed by atoms with Gasteiger partial charge in [-0.25, -0.2) is 9.97 Å². The Morgan fingerprint density at radius 3 is 2.63 bits per heavy atom. The van der Waals surface area contributed by atoms with Crippen molar-refractivity contribution in [1.29, 1.82) is 0 Å². The number of anilines is 1. The first-order chi connectivity index (χ1) is 9.22. The van der Waals surface area contributed by atoms with Crippen molar-refractivity contribution >= 4 is 5.82 Å². The first kappa shape index (κ1) is 15.7. The Kier molecular flexibility index (Phi) is 7.23. The molecule has 0 saturated carbocycles. The second-order valence-electron chi connectivity index (χ2n) is 4.99. The molecular weight excluding hydrogens is 238 g/mol. The predicted octanol–water partition coefficient (Wildman–Crippen LogP) is 3.68. The average molecular weight is 265 g/mol. The van der Waals surface area contributed by atoms with Gasteiger partial charge in [-0.3, -0.25) is 0 Å². The zero-order chi connectivity index (χ0) is 14.1. The summed E-state index contributed by atoms with van der Waals surface area (Å²) in [6.07, 6.45) is 5.92. The first-order valence-electron chi connectivity index (χ1n) is 7.43. The summed E-state index contributed by atoms with van der Waals surface area (Å²) in [5, 5.41) is 3.34. The number of aromatic nitrogens is 2. The molecule has 1 aromatic heterocycles. The molecule has 0 aliphatic rings. The van der Waals surface area contributed by atoms with Crippen molar-refractivity contribution < 1.29 is 4.74 Å². The number of rotatable bonds is 9. The van der Waals surface area contributed by atoms with Gasteiger partial charge in [0.25, 0.3) is 0 Å². The molecule has 1 N–H and O–H groups in total. The summed E-state index contributed by atoms with van der Waals surface area (Å²) in [6.45, 7) is 10.3. The van der Waals surface area contributed by atoms with Gasteiger partial charge in [-0.2, -0.15) is 0 Å². The largest absolute Gasteiger partial charge is 0.477 e. The van der Waals surface area contributed by atoms with Gasteiger partial charge in [-0.05, 0) is 25.2 Å². The summed E-state index contributed by atoms with van der Waals surface area (Å²) in [4.78, 5) is 8.59. The van der Waals surface area contributed by atoms with Gasteiger partial charge < -0.3 is 10.1 Å². The number of hydrogen-bond donors (Lipinski definition) is 1. The topological polar surface area (TPSA) is 47.0 Å². The highest BCUT2D eigenvalue weighted by Gasteiger charge is 2.11. The lowest BCUT2D eigenvalue weighted by atomic mass is 10.1. The molecule has 0 aliphatic carbocycles. The number of hydrogen-bond acceptors (Lipinski definition) is 4. The maximum absolute atomic E-state index is 5.87. The molecule has 1 atom stereocenters. The molecule has 0 amide bonds. The van der Waals surface area contributed by atoms with Gasteiger partial charge in [-0.1, -0.05) is 34.1 Å². The Morgan fingerprint density at radius 2 is 2.00 bits per heavy atom. The van der Waals surface area contributed by atoms with Crippen LogP contribution in [-0.4, -0.2) is 23.1 Å². The molecule has 0 aromatic carbocycles. The maximum atomic E-state index is 5.87. The van der Waals surface area contributed by atoms with Crippen molar-refractivity contribution in [2.24, 2.45) is 5.92 Å². The molecule has 108 valence electrons. The highest BCUT2D eigenvalue weighted by molar-refractivity contribution is 5.48. The molecular formula is C15H27N3O. The van der Waals surface area contributed by atoms with E-state index < -0.39 is 0 Å². The lowest BCUT2D eigenvalue weighted by molar-refractivity contribution is 0.240. The zero-order valence-corrected chi connectivity index (χ0v) is 12.7. The number of nitrogens with one attached hydrogen (secondary N) is 1. The summed E-state index contributed by atoms with van der Waals surface area (Å²) in [6, 6.07) is 0. The Balaban J connectivity index is 2.71. The highest BCUT2D eigenvalue weighted by atomic mass is 16.5. The third-order valence-electron chi connectivity index (χ3n) is 3.09. The highest BCUT2D eigenvalue weighted by Crippen LogP contribution is 2.23. The van der Waals surface area contributed by atoms with Crippen LogP contribution in [0.15, 0.2) is 6.33 Å². The van der Waals surface area contributed by atoms with Crippen molar-refractivity contribution in [3.05, 3.63) is 11.9 Å². The van der Waals surface area contributed by atoms with Gasteiger partial charge >= 0.3 is 0 Å². The second-order valence-corrected chi connectivity index (χ2v) is 4.99. The zero-order valence-electron chi connectivity index (χ0n) is 12.7. The summed E-state index contributed by atoms with van der Waals surface area (Å²) < 4.78 is 5.87. The molecule has 0 radical (unpaired) electrons. The first-order valence-corrected chi connectivity index (χ1v) is 7.43. The van der Waals surface area contributed by atoms with Crippen molar-refractivity contribution in [2.75, 3.05) is 18.5 Å². The minimum atomic E-state index is 0.566. The van der Waals surface area contributed by atoms with Crippen LogP contribution in [0.1, 0.15) is 52.5 Å². The Labute approximate surface area is 117 Å². The van der Waals surface area contributed by atoms with Crippen LogP contribution >= 0.6 is 0 Å². The van der Waals surface area contributed by atoms with Crippen molar-refractivity contribution in [3.8, 4) is 5.88 Å². The molecule has 1 rings (SSSR count). The van der Waals surface area contributed by atoms with E-state index in [0.717, 1.165) is 43.3 Å². The van der Waals surface area contributed by atoms with Crippen LogP contribution in [0.2, 0.25) is 0 Å². The van der Waals surface area contributed by atoms with Crippen LogP contribution in [0.4, 0.5) is 5.82 Å². The Morgan fingerprint density at radius 1 is 1.21 bits per heavy atom. The van der Waals surface area contributed by atoms with Crippen molar-refractivity contribution in [3.63, 3.8) is 0 Å². The molecule has 4 nitrogen and oxygen atoms in total. The van der Waals surface area contributed by atoms with E-state index in [1.165, 1.54) is 12.8 Å². The van der Waals surface area contributed by atoms with Crippen LogP contribution in [0.25, 0.3) is 0 Å². The van der Waals surface area contributed by atoms with E-state index >= 15 is 0 Å². The summed E-state index contributed by atoms with van der Waals surface area (Å²) >= 11 is 0. The molecule has 19 heavy (non-hydrogen) atoms. The molecule has 4 heteroatoms. The van der Waals surface area contributed by atoms with Gasteiger partial charge in [0, 0.05) is 6.54 Å². The maximum Gasteiger partial charge on any atom is 0.221 e. The van der Waals surface area contributed by atoms with Crippen LogP contribution in [0, 0.1) is 5.92 Å². The average Bonchev–Trinajstić information content (AvgIpc) is 2.43. The van der Waals surface area contributed by atoms with Gasteiger partial charge in [0.1, 0.15) is 12.1 Å². The fraction of sp³-hybridized carbons (Fsp3) is 0.733. The molecule has 0 bridgehead atoms. The third kappa shape index (κ3) is 5.05. The van der Waals surface area contributed by atoms with E-state index in [1.54, 1.807) is 6.33 Å². The van der Waals surface area contributed by atoms with Crippen molar-refractivity contribution in [1.82, 2.24) is 9.97 Å². The van der Waals surface area contributed by atoms with E-state index in [2.05, 4.69) is 43.0 Å². The Bertz CT molecular complexity index is 368. The lowest BCUT2D eigenvalue weighted by Crippen LogP contribution is -2.12. The van der Waals surface area contributed by atoms with Crippen LogP contribution in [0.3, 0.4) is 0 Å². The number of nitrogens with zero attached hydrogens (tertiary/aromatic N) is 2. The normalized spacial score (nSPS) is 12.2. The van der Waals surface area contributed by atoms with E-state index in [0.29, 0.717) is 5.92 Å². The van der Waals surface area contributed by atoms with E-state index in [-0.39, 0.29) is 0 Å². The van der Waals surface area contributed by atoms with Crippen LogP contribution < -0.4 is 10.1 Å². The fourth-order valence-electron chi connectivity index (χ4n) is 2.03. The van der Waals surface area contributed by atoms with Gasteiger partial charge in [0.05, 0.1) is 12.2 Å². The minimum absolute atomic E-state index is 0.566. The molecule has 1 heterocycles. The summed E-state index contributed by atoms with van der Waals surface area (Å²) in [5.74, 6) is 2.22. The smallest absolute Gasteiger partial charge is 0.221 e. The lowest BCUT2D eigenvalue weighted by Gasteiger charge is -2.15. The van der Waals surface area contributed by atoms with Gasteiger partial charge in [0.2, 0.25) is 5.88 Å². The minimum Gasteiger partial charge on any atom is -0.477 e. The molecule has 0 saturated heterocycles. The summed E-state index contributed by atoms with van der Waals surface area (Å²) in [5.41, 5.74) is 1.08. The monoisotopic (exact) mass is 265 g/mol. The SMILES string of the molecule is CCCNc1ncnc(OCC(C)CCC)c1CC. The molecule has 1 unspecified atom stereocenters. The van der Waals surface area contributed by atoms with E-state index in [4.69, 9.17) is 4.74 Å². The Hall–Kier alpha value is -1.32. The third-order valence-corrected chi connectivity index (χ3v) is 3.09.